The van der Waals surface area contributed by atoms with Crippen molar-refractivity contribution in [3.8, 4) is 5.75 Å². The van der Waals surface area contributed by atoms with Gasteiger partial charge in [0.25, 0.3) is 5.91 Å². The van der Waals surface area contributed by atoms with Gasteiger partial charge in [-0.1, -0.05) is 6.42 Å². The smallest absolute Gasteiger partial charge is 0.370 e. The van der Waals surface area contributed by atoms with E-state index >= 15 is 0 Å². The van der Waals surface area contributed by atoms with Crippen molar-refractivity contribution in [2.24, 2.45) is 10.8 Å². The van der Waals surface area contributed by atoms with Gasteiger partial charge in [-0.2, -0.15) is 10.1 Å². The van der Waals surface area contributed by atoms with Crippen LogP contribution in [0.3, 0.4) is 0 Å². The molecule has 0 aliphatic carbocycles. The molecule has 2 N–H and O–H groups in total. The summed E-state index contributed by atoms with van der Waals surface area (Å²) >= 11 is 0. The zero-order valence-corrected chi connectivity index (χ0v) is 20.1. The number of carbonyl (C=O) groups excluding carboxylic acids is 3. The summed E-state index contributed by atoms with van der Waals surface area (Å²) < 4.78 is 15.6. The first kappa shape index (κ1) is 24.7. The summed E-state index contributed by atoms with van der Waals surface area (Å²) in [6, 6.07) is 6.86. The second kappa shape index (κ2) is 10.3. The Bertz CT molecular complexity index is 978. The van der Waals surface area contributed by atoms with Crippen molar-refractivity contribution in [2.75, 3.05) is 26.8 Å². The number of hydrogen-bond acceptors (Lipinski definition) is 9. The van der Waals surface area contributed by atoms with Crippen molar-refractivity contribution < 1.29 is 28.6 Å². The van der Waals surface area contributed by atoms with E-state index in [1.165, 1.54) is 7.11 Å². The summed E-state index contributed by atoms with van der Waals surface area (Å²) in [7, 11) is -0.139. The predicted octanol–water partition coefficient (Wildman–Crippen LogP) is 2.44. The van der Waals surface area contributed by atoms with Crippen LogP contribution in [0.25, 0.3) is 0 Å². The fraction of sp³-hybridized carbons (Fsp3) is 0.500. The molecule has 0 bridgehead atoms. The number of esters is 1. The second-order valence-electron chi connectivity index (χ2n) is 8.54. The van der Waals surface area contributed by atoms with Crippen LogP contribution in [0, 0.1) is 0 Å². The minimum absolute atomic E-state index is 0.0316. The Morgan fingerprint density at radius 2 is 1.73 bits per heavy atom. The number of nitrogens with two attached hydrogens (primary N) is 1. The lowest BCUT2D eigenvalue weighted by molar-refractivity contribution is -0.142. The lowest BCUT2D eigenvalue weighted by atomic mass is 10.1. The fourth-order valence-electron chi connectivity index (χ4n) is 3.33. The average Bonchev–Trinajstić information content (AvgIpc) is 3.18. The summed E-state index contributed by atoms with van der Waals surface area (Å²) in [6.07, 6.45) is 3.06. The largest absolute Gasteiger partial charge is 0.482 e. The van der Waals surface area contributed by atoms with E-state index < -0.39 is 33.3 Å². The predicted molar refractivity (Wildman–Crippen MR) is 126 cm³/mol. The molecule has 10 nitrogen and oxygen atoms in total. The molecule has 3 rings (SSSR count). The van der Waals surface area contributed by atoms with Gasteiger partial charge in [-0.25, -0.2) is 9.59 Å². The van der Waals surface area contributed by atoms with Crippen molar-refractivity contribution in [1.82, 2.24) is 10.1 Å². The van der Waals surface area contributed by atoms with E-state index in [1.54, 1.807) is 50.2 Å². The van der Waals surface area contributed by atoms with Gasteiger partial charge in [0.1, 0.15) is 16.3 Å². The molecule has 1 fully saturated rings. The monoisotopic (exact) mass is 478 g/mol. The molecule has 33 heavy (non-hydrogen) atoms. The number of carbonyl (C=O) groups is 3. The van der Waals surface area contributed by atoms with Crippen LogP contribution in [0.2, 0.25) is 0 Å². The molecule has 1 amide bonds. The highest BCUT2D eigenvalue weighted by Crippen LogP contribution is 2.35. The zero-order valence-electron chi connectivity index (χ0n) is 19.3. The molecule has 1 aromatic rings. The van der Waals surface area contributed by atoms with Crippen molar-refractivity contribution in [3.05, 3.63) is 29.8 Å². The van der Waals surface area contributed by atoms with E-state index in [-0.39, 0.29) is 11.7 Å². The van der Waals surface area contributed by atoms with E-state index in [4.69, 9.17) is 15.2 Å². The number of nitrogens with zero attached hydrogens (tertiary/aromatic N) is 3. The number of benzene rings is 1. The molecule has 2 aliphatic heterocycles. The van der Waals surface area contributed by atoms with E-state index in [2.05, 4.69) is 9.84 Å². The van der Waals surface area contributed by atoms with Gasteiger partial charge in [0, 0.05) is 29.1 Å². The number of amides is 1. The van der Waals surface area contributed by atoms with Gasteiger partial charge in [-0.05, 0) is 57.9 Å². The molecule has 0 aromatic heterocycles. The number of methoxy groups -OCH3 is 1. The Morgan fingerprint density at radius 3 is 2.27 bits per heavy atom. The molecule has 1 aromatic carbocycles. The molecule has 0 radical (unpaired) electrons. The van der Waals surface area contributed by atoms with Crippen LogP contribution in [0.1, 0.15) is 45.6 Å². The zero-order chi connectivity index (χ0) is 24.2. The van der Waals surface area contributed by atoms with Crippen LogP contribution in [-0.2, 0) is 19.1 Å². The molecule has 0 saturated carbocycles. The maximum absolute atomic E-state index is 13.2. The van der Waals surface area contributed by atoms with Crippen molar-refractivity contribution in [1.29, 1.82) is 0 Å². The minimum Gasteiger partial charge on any atom is -0.482 e. The first-order valence-corrected chi connectivity index (χ1v) is 11.9. The summed E-state index contributed by atoms with van der Waals surface area (Å²) in [5, 5.41) is 7.53. The van der Waals surface area contributed by atoms with Gasteiger partial charge in [0.05, 0.1) is 7.11 Å². The van der Waals surface area contributed by atoms with Crippen molar-refractivity contribution in [2.45, 2.75) is 45.6 Å². The van der Waals surface area contributed by atoms with Gasteiger partial charge in [0.2, 0.25) is 0 Å². The molecule has 0 spiro atoms. The van der Waals surface area contributed by atoms with E-state index in [0.717, 1.165) is 32.4 Å². The van der Waals surface area contributed by atoms with Crippen LogP contribution >= 0.6 is 10.5 Å². The van der Waals surface area contributed by atoms with E-state index in [0.29, 0.717) is 16.3 Å². The number of rotatable bonds is 6. The summed E-state index contributed by atoms with van der Waals surface area (Å²) in [5.41, 5.74) is 5.55. The minimum atomic E-state index is -1.43. The first-order valence-electron chi connectivity index (χ1n) is 10.7. The number of primary amides is 1. The standard InChI is InChI=1S/C22H30N4O6S/c1-22(2,3)32-21(29)33-19(18(23)28)24-26(25-12-6-5-7-13-25)20(33)15-8-10-16(11-9-15)31-14-17(27)30-4/h8-11H,5-7,12-14H2,1-4H3,(H2,23,28). The molecule has 1 saturated heterocycles. The van der Waals surface area contributed by atoms with Crippen LogP contribution in [0.5, 0.6) is 5.75 Å². The third-order valence-corrected chi connectivity index (χ3v) is 6.68. The van der Waals surface area contributed by atoms with Gasteiger partial charge >= 0.3 is 11.3 Å². The highest BCUT2D eigenvalue weighted by molar-refractivity contribution is 8.41. The lowest BCUT2D eigenvalue weighted by Crippen LogP contribution is -2.45. The lowest BCUT2D eigenvalue weighted by Gasteiger charge is -2.34. The van der Waals surface area contributed by atoms with Crippen LogP contribution < -0.4 is 10.5 Å². The first-order chi connectivity index (χ1) is 15.6. The number of hydrazine groups is 1. The van der Waals surface area contributed by atoms with Crippen LogP contribution in [-0.4, -0.2) is 69.7 Å². The number of piperidine rings is 1. The third kappa shape index (κ3) is 6.11. The van der Waals surface area contributed by atoms with Gasteiger partial charge < -0.3 is 19.9 Å². The van der Waals surface area contributed by atoms with Crippen LogP contribution in [0.15, 0.2) is 29.4 Å². The SMILES string of the molecule is COC(=O)COc1ccc(C2=S(C(=O)OC(C)(C)C)C(C(N)=O)=NN2N2CCCCC2)cc1. The summed E-state index contributed by atoms with van der Waals surface area (Å²) in [4.78, 5) is 37.4. The molecule has 180 valence electrons. The van der Waals surface area contributed by atoms with Gasteiger partial charge in [0.15, 0.2) is 11.7 Å². The molecule has 11 heteroatoms. The Morgan fingerprint density at radius 1 is 1.09 bits per heavy atom. The molecular formula is C22H30N4O6S. The average molecular weight is 479 g/mol. The van der Waals surface area contributed by atoms with Crippen molar-refractivity contribution in [3.63, 3.8) is 0 Å². The summed E-state index contributed by atoms with van der Waals surface area (Å²) in [6.45, 7) is 6.56. The topological polar surface area (TPSA) is 124 Å². The quantitative estimate of drug-likeness (QED) is 0.488. The maximum atomic E-state index is 13.2. The maximum Gasteiger partial charge on any atom is 0.370 e. The fourth-order valence-corrected chi connectivity index (χ4v) is 5.22. The molecule has 1 unspecified atom stereocenters. The van der Waals surface area contributed by atoms with Crippen LogP contribution in [0.4, 0.5) is 4.79 Å². The summed E-state index contributed by atoms with van der Waals surface area (Å²) in [5.74, 6) is -0.800. The Balaban J connectivity index is 2.04. The number of hydrogen-bond donors (Lipinski definition) is 1. The molecule has 2 aliphatic rings. The third-order valence-electron chi connectivity index (χ3n) is 4.81. The Labute approximate surface area is 195 Å². The van der Waals surface area contributed by atoms with Crippen molar-refractivity contribution >= 4 is 37.7 Å². The number of ether oxygens (including phenoxy) is 3. The number of hydrazone groups is 1. The van der Waals surface area contributed by atoms with E-state index in [9.17, 15) is 14.4 Å². The Kier molecular flexibility index (Phi) is 7.75. The van der Waals surface area contributed by atoms with E-state index in [1.807, 2.05) is 5.01 Å². The highest BCUT2D eigenvalue weighted by Gasteiger charge is 2.39. The van der Waals surface area contributed by atoms with Gasteiger partial charge in [-0.15, -0.1) is 5.10 Å². The molecule has 1 atom stereocenters. The molecular weight excluding hydrogens is 448 g/mol. The highest BCUT2D eigenvalue weighted by atomic mass is 32.2. The Hall–Kier alpha value is -2.92. The molecule has 2 heterocycles. The van der Waals surface area contributed by atoms with Gasteiger partial charge in [-0.3, -0.25) is 4.79 Å². The second-order valence-corrected chi connectivity index (χ2v) is 10.3. The normalized spacial score (nSPS) is 19.2.